The van der Waals surface area contributed by atoms with Crippen LogP contribution in [0.4, 0.5) is 0 Å². The van der Waals surface area contributed by atoms with E-state index in [0.717, 1.165) is 8.47 Å². The van der Waals surface area contributed by atoms with Gasteiger partial charge in [-0.05, 0) is 25.0 Å². The molecule has 0 rings (SSSR count). The summed E-state index contributed by atoms with van der Waals surface area (Å²) in [4.78, 5) is 0. The number of hydrogen-bond acceptors (Lipinski definition) is 8. The molecule has 0 bridgehead atoms. The van der Waals surface area contributed by atoms with Crippen LogP contribution in [0.25, 0.3) is 0 Å². The van der Waals surface area contributed by atoms with Crippen LogP contribution in [0.2, 0.25) is 0 Å². The van der Waals surface area contributed by atoms with E-state index in [4.69, 9.17) is 21.0 Å². The standard InChI is InChI=1S/2C6H6N2S2/c2*1-9-6(10-2)5(3-7)4-8/h2*1-2H3. The third-order valence-electron chi connectivity index (χ3n) is 1.60. The fourth-order valence-corrected chi connectivity index (χ4v) is 3.32. The van der Waals surface area contributed by atoms with Gasteiger partial charge >= 0.3 is 0 Å². The molecule has 20 heavy (non-hydrogen) atoms. The van der Waals surface area contributed by atoms with Gasteiger partial charge in [-0.25, -0.2) is 0 Å². The van der Waals surface area contributed by atoms with Crippen molar-refractivity contribution in [3.8, 4) is 24.3 Å². The Kier molecular flexibility index (Phi) is 15.1. The van der Waals surface area contributed by atoms with Crippen LogP contribution in [0, 0.1) is 45.3 Å². The molecule has 0 radical (unpaired) electrons. The molecule has 0 unspecified atom stereocenters. The maximum Gasteiger partial charge on any atom is 0.149 e. The van der Waals surface area contributed by atoms with Crippen LogP contribution in [0.1, 0.15) is 0 Å². The Hall–Kier alpha value is -1.16. The molecule has 0 aliphatic heterocycles. The summed E-state index contributed by atoms with van der Waals surface area (Å²) < 4.78 is 1.56. The van der Waals surface area contributed by atoms with E-state index in [0.29, 0.717) is 0 Å². The van der Waals surface area contributed by atoms with E-state index in [1.165, 1.54) is 47.0 Å². The van der Waals surface area contributed by atoms with Crippen molar-refractivity contribution in [1.82, 2.24) is 0 Å². The van der Waals surface area contributed by atoms with Gasteiger partial charge in [-0.3, -0.25) is 0 Å². The van der Waals surface area contributed by atoms with Gasteiger partial charge in [0.15, 0.2) is 0 Å². The highest BCUT2D eigenvalue weighted by Crippen LogP contribution is 2.27. The summed E-state index contributed by atoms with van der Waals surface area (Å²) in [7, 11) is 0. The average Bonchev–Trinajstić information content (AvgIpc) is 2.50. The molecule has 0 aromatic heterocycles. The van der Waals surface area contributed by atoms with Gasteiger partial charge in [-0.2, -0.15) is 21.0 Å². The zero-order chi connectivity index (χ0) is 16.0. The number of thioether (sulfide) groups is 4. The summed E-state index contributed by atoms with van der Waals surface area (Å²) in [6, 6.07) is 7.32. The first-order chi connectivity index (χ1) is 9.59. The van der Waals surface area contributed by atoms with Gasteiger partial charge in [0.2, 0.25) is 0 Å². The molecule has 0 atom stereocenters. The largest absolute Gasteiger partial charge is 0.192 e. The molecule has 0 aromatic rings. The van der Waals surface area contributed by atoms with E-state index in [1.54, 1.807) is 0 Å². The molecule has 0 aliphatic rings. The lowest BCUT2D eigenvalue weighted by atomic mass is 10.4. The second kappa shape index (κ2) is 14.3. The zero-order valence-electron chi connectivity index (χ0n) is 11.4. The van der Waals surface area contributed by atoms with Crippen molar-refractivity contribution >= 4 is 47.0 Å². The summed E-state index contributed by atoms with van der Waals surface area (Å²) >= 11 is 5.70. The number of nitrogens with zero attached hydrogens (tertiary/aromatic N) is 4. The summed E-state index contributed by atoms with van der Waals surface area (Å²) in [6.45, 7) is 0. The average molecular weight is 341 g/mol. The molecule has 0 heterocycles. The normalized spacial score (nSPS) is 7.60. The third kappa shape index (κ3) is 8.10. The van der Waals surface area contributed by atoms with Gasteiger partial charge in [-0.1, -0.05) is 0 Å². The molecule has 4 nitrogen and oxygen atoms in total. The fraction of sp³-hybridized carbons (Fsp3) is 0.333. The Morgan fingerprint density at radius 2 is 0.750 bits per heavy atom. The molecule has 0 saturated heterocycles. The lowest BCUT2D eigenvalue weighted by molar-refractivity contribution is 1.46. The highest BCUT2D eigenvalue weighted by Gasteiger charge is 2.02. The van der Waals surface area contributed by atoms with E-state index in [9.17, 15) is 0 Å². The maximum atomic E-state index is 8.40. The van der Waals surface area contributed by atoms with Crippen LogP contribution in [-0.2, 0) is 0 Å². The fourth-order valence-electron chi connectivity index (χ4n) is 0.807. The van der Waals surface area contributed by atoms with Crippen molar-refractivity contribution in [2.24, 2.45) is 0 Å². The van der Waals surface area contributed by atoms with Crippen LogP contribution in [-0.4, -0.2) is 25.0 Å². The van der Waals surface area contributed by atoms with Gasteiger partial charge in [0.1, 0.15) is 35.4 Å². The van der Waals surface area contributed by atoms with Crippen molar-refractivity contribution in [3.05, 3.63) is 19.6 Å². The predicted octanol–water partition coefficient (Wildman–Crippen LogP) is 3.94. The van der Waals surface area contributed by atoms with Crippen LogP contribution in [0.3, 0.4) is 0 Å². The second-order valence-electron chi connectivity index (χ2n) is 2.59. The van der Waals surface area contributed by atoms with Crippen molar-refractivity contribution in [3.63, 3.8) is 0 Å². The van der Waals surface area contributed by atoms with E-state index in [1.807, 2.05) is 49.3 Å². The van der Waals surface area contributed by atoms with Crippen LogP contribution in [0.5, 0.6) is 0 Å². The maximum absolute atomic E-state index is 8.40. The number of allylic oxidation sites excluding steroid dienone is 2. The first-order valence-electron chi connectivity index (χ1n) is 4.84. The zero-order valence-corrected chi connectivity index (χ0v) is 14.7. The lowest BCUT2D eigenvalue weighted by Gasteiger charge is -1.95. The highest BCUT2D eigenvalue weighted by atomic mass is 32.2. The first kappa shape index (κ1) is 21.1. The summed E-state index contributed by atoms with van der Waals surface area (Å²) in [5.41, 5.74) is 0.417. The van der Waals surface area contributed by atoms with Gasteiger partial charge in [-0.15, -0.1) is 47.0 Å². The molecular weight excluding hydrogens is 328 g/mol. The number of rotatable bonds is 4. The Balaban J connectivity index is 0. The Labute approximate surface area is 136 Å². The lowest BCUT2D eigenvalue weighted by Crippen LogP contribution is -1.76. The van der Waals surface area contributed by atoms with Crippen LogP contribution >= 0.6 is 47.0 Å². The van der Waals surface area contributed by atoms with Crippen LogP contribution < -0.4 is 0 Å². The molecular formula is C12H12N4S4. The quantitative estimate of drug-likeness (QED) is 0.710. The summed E-state index contributed by atoms with van der Waals surface area (Å²) in [5, 5.41) is 33.6. The Morgan fingerprint density at radius 1 is 0.550 bits per heavy atom. The van der Waals surface area contributed by atoms with E-state index < -0.39 is 0 Å². The SMILES string of the molecule is CSC(SC)=C(C#N)C#N.CSC(SC)=C(C#N)C#N. The molecule has 0 fully saturated rings. The van der Waals surface area contributed by atoms with Crippen LogP contribution in [0.15, 0.2) is 19.6 Å². The van der Waals surface area contributed by atoms with Gasteiger partial charge in [0.05, 0.1) is 8.47 Å². The van der Waals surface area contributed by atoms with E-state index >= 15 is 0 Å². The van der Waals surface area contributed by atoms with Gasteiger partial charge in [0.25, 0.3) is 0 Å². The first-order valence-corrected chi connectivity index (χ1v) is 9.74. The second-order valence-corrected chi connectivity index (χ2v) is 6.37. The molecule has 0 N–H and O–H groups in total. The molecule has 0 saturated carbocycles. The minimum atomic E-state index is 0.208. The number of hydrogen-bond donors (Lipinski definition) is 0. The van der Waals surface area contributed by atoms with E-state index in [2.05, 4.69) is 0 Å². The van der Waals surface area contributed by atoms with Crippen molar-refractivity contribution in [2.75, 3.05) is 25.0 Å². The molecule has 104 valence electrons. The Morgan fingerprint density at radius 3 is 0.800 bits per heavy atom. The highest BCUT2D eigenvalue weighted by molar-refractivity contribution is 8.22. The Bertz CT molecular complexity index is 444. The summed E-state index contributed by atoms with van der Waals surface area (Å²) in [6.07, 6.45) is 7.39. The van der Waals surface area contributed by atoms with Crippen molar-refractivity contribution in [2.45, 2.75) is 0 Å². The summed E-state index contributed by atoms with van der Waals surface area (Å²) in [5.74, 6) is 0. The molecule has 0 aromatic carbocycles. The molecule has 8 heteroatoms. The van der Waals surface area contributed by atoms with Gasteiger partial charge in [0, 0.05) is 0 Å². The monoisotopic (exact) mass is 340 g/mol. The predicted molar refractivity (Wildman–Crippen MR) is 90.6 cm³/mol. The molecule has 0 aliphatic carbocycles. The van der Waals surface area contributed by atoms with Gasteiger partial charge < -0.3 is 0 Å². The van der Waals surface area contributed by atoms with Crippen molar-refractivity contribution in [1.29, 1.82) is 21.0 Å². The molecule has 0 spiro atoms. The van der Waals surface area contributed by atoms with E-state index in [-0.39, 0.29) is 11.1 Å². The topological polar surface area (TPSA) is 95.2 Å². The van der Waals surface area contributed by atoms with Crippen molar-refractivity contribution < 1.29 is 0 Å². The smallest absolute Gasteiger partial charge is 0.149 e. The minimum absolute atomic E-state index is 0.208. The number of nitriles is 4. The molecule has 0 amide bonds. The minimum Gasteiger partial charge on any atom is -0.192 e. The third-order valence-corrected chi connectivity index (χ3v) is 5.90.